The van der Waals surface area contributed by atoms with Gasteiger partial charge in [0.2, 0.25) is 5.91 Å². The summed E-state index contributed by atoms with van der Waals surface area (Å²) in [5.41, 5.74) is 4.53. The Kier molecular flexibility index (Phi) is 7.66. The monoisotopic (exact) mass is 554 g/mol. The third-order valence-electron chi connectivity index (χ3n) is 6.85. The molecule has 0 spiro atoms. The fourth-order valence-corrected chi connectivity index (χ4v) is 5.07. The summed E-state index contributed by atoms with van der Waals surface area (Å²) in [5, 5.41) is 6.95. The molecule has 204 valence electrons. The zero-order chi connectivity index (χ0) is 28.4. The van der Waals surface area contributed by atoms with Crippen LogP contribution in [0, 0.1) is 12.8 Å². The summed E-state index contributed by atoms with van der Waals surface area (Å²) in [6.07, 6.45) is 1.75. The number of hydrogen-bond acceptors (Lipinski definition) is 6. The summed E-state index contributed by atoms with van der Waals surface area (Å²) in [4.78, 5) is 31.0. The summed E-state index contributed by atoms with van der Waals surface area (Å²) in [6.45, 7) is 5.68. The Labute approximate surface area is 238 Å². The van der Waals surface area contributed by atoms with E-state index in [1.54, 1.807) is 24.4 Å². The largest absolute Gasteiger partial charge is 0.465 e. The molecule has 1 amide bonds. The standard InChI is InChI=1S/C31H30N4O4S/c1-18(2)29(36)33-23-12-11-22(16-19(23)3)35-28(27(34-31(35)40)24-10-5-6-15-32-24)26-14-13-25(39-26)20-8-7-9-21(17-20)30(37)38-4/h5-18,27-28H,1-4H3,(H,33,36)(H,34,40)/t27-,28-/m1/s1. The number of amides is 1. The molecule has 0 bridgehead atoms. The van der Waals surface area contributed by atoms with E-state index < -0.39 is 5.97 Å². The van der Waals surface area contributed by atoms with Crippen molar-refractivity contribution in [1.82, 2.24) is 10.3 Å². The molecule has 2 N–H and O–H groups in total. The van der Waals surface area contributed by atoms with E-state index in [-0.39, 0.29) is 23.9 Å². The fourth-order valence-electron chi connectivity index (χ4n) is 4.72. The zero-order valence-electron chi connectivity index (χ0n) is 22.7. The van der Waals surface area contributed by atoms with Crippen LogP contribution >= 0.6 is 12.2 Å². The summed E-state index contributed by atoms with van der Waals surface area (Å²) in [6, 6.07) is 21.9. The Balaban J connectivity index is 1.54. The number of carbonyl (C=O) groups excluding carboxylic acids is 2. The third kappa shape index (κ3) is 5.33. The van der Waals surface area contributed by atoms with Gasteiger partial charge in [0, 0.05) is 29.1 Å². The first-order valence-corrected chi connectivity index (χ1v) is 13.4. The lowest BCUT2D eigenvalue weighted by Gasteiger charge is -2.27. The van der Waals surface area contributed by atoms with Crippen molar-refractivity contribution in [3.8, 4) is 11.3 Å². The minimum Gasteiger partial charge on any atom is -0.465 e. The maximum atomic E-state index is 12.3. The first-order chi connectivity index (χ1) is 19.3. The molecule has 2 atom stereocenters. The minimum absolute atomic E-state index is 0.0401. The van der Waals surface area contributed by atoms with Crippen LogP contribution < -0.4 is 15.5 Å². The van der Waals surface area contributed by atoms with Crippen molar-refractivity contribution in [2.75, 3.05) is 17.3 Å². The molecule has 0 aliphatic carbocycles. The molecular weight excluding hydrogens is 524 g/mol. The SMILES string of the molecule is COC(=O)c1cccc(-c2ccc([C@@H]3[C@@H](c4ccccn4)NC(=S)N3c3ccc(NC(=O)C(C)C)c(C)c3)o2)c1. The number of aryl methyl sites for hydroxylation is 1. The van der Waals surface area contributed by atoms with Crippen molar-refractivity contribution in [2.45, 2.75) is 32.9 Å². The topological polar surface area (TPSA) is 96.7 Å². The number of furan rings is 1. The maximum Gasteiger partial charge on any atom is 0.337 e. The van der Waals surface area contributed by atoms with E-state index >= 15 is 0 Å². The molecule has 1 aliphatic heterocycles. The molecule has 0 unspecified atom stereocenters. The average molecular weight is 555 g/mol. The van der Waals surface area contributed by atoms with Crippen molar-refractivity contribution in [3.05, 3.63) is 102 Å². The van der Waals surface area contributed by atoms with Crippen LogP contribution in [0.1, 0.15) is 53.3 Å². The second-order valence-electron chi connectivity index (χ2n) is 9.91. The highest BCUT2D eigenvalue weighted by atomic mass is 32.1. The molecular formula is C31H30N4O4S. The van der Waals surface area contributed by atoms with Gasteiger partial charge in [-0.2, -0.15) is 0 Å². The Morgan fingerprint density at radius 1 is 1.07 bits per heavy atom. The first-order valence-electron chi connectivity index (χ1n) is 13.0. The van der Waals surface area contributed by atoms with Gasteiger partial charge >= 0.3 is 5.97 Å². The van der Waals surface area contributed by atoms with Gasteiger partial charge in [0.1, 0.15) is 17.6 Å². The van der Waals surface area contributed by atoms with E-state index in [0.717, 1.165) is 28.2 Å². The number of thiocarbonyl (C=S) groups is 1. The molecule has 4 aromatic rings. The van der Waals surface area contributed by atoms with Crippen LogP contribution in [0.5, 0.6) is 0 Å². The molecule has 1 aliphatic rings. The number of anilines is 2. The van der Waals surface area contributed by atoms with Crippen LogP contribution in [0.25, 0.3) is 11.3 Å². The Morgan fingerprint density at radius 3 is 2.60 bits per heavy atom. The Hall–Kier alpha value is -4.50. The number of aromatic nitrogens is 1. The molecule has 1 fully saturated rings. The van der Waals surface area contributed by atoms with Gasteiger partial charge in [-0.1, -0.05) is 32.0 Å². The van der Waals surface area contributed by atoms with Gasteiger partial charge in [0.25, 0.3) is 0 Å². The molecule has 8 nitrogen and oxygen atoms in total. The lowest BCUT2D eigenvalue weighted by atomic mass is 10.0. The van der Waals surface area contributed by atoms with E-state index in [1.165, 1.54) is 7.11 Å². The quantitative estimate of drug-likeness (QED) is 0.206. The van der Waals surface area contributed by atoms with Crippen molar-refractivity contribution >= 4 is 40.6 Å². The van der Waals surface area contributed by atoms with Gasteiger partial charge in [-0.3, -0.25) is 9.78 Å². The molecule has 9 heteroatoms. The fraction of sp³-hybridized carbons (Fsp3) is 0.226. The number of esters is 1. The third-order valence-corrected chi connectivity index (χ3v) is 7.17. The second kappa shape index (κ2) is 11.3. The van der Waals surface area contributed by atoms with Crippen molar-refractivity contribution in [1.29, 1.82) is 0 Å². The van der Waals surface area contributed by atoms with Gasteiger partial charge in [-0.25, -0.2) is 4.79 Å². The summed E-state index contributed by atoms with van der Waals surface area (Å²) in [5.74, 6) is 0.711. The summed E-state index contributed by atoms with van der Waals surface area (Å²) in [7, 11) is 1.36. The van der Waals surface area contributed by atoms with E-state index in [2.05, 4.69) is 15.6 Å². The van der Waals surface area contributed by atoms with E-state index in [9.17, 15) is 9.59 Å². The van der Waals surface area contributed by atoms with Gasteiger partial charge in [-0.15, -0.1) is 0 Å². The average Bonchev–Trinajstić information content (AvgIpc) is 3.59. The van der Waals surface area contributed by atoms with Crippen molar-refractivity contribution < 1.29 is 18.7 Å². The highest BCUT2D eigenvalue weighted by molar-refractivity contribution is 7.80. The number of nitrogens with one attached hydrogen (secondary N) is 2. The lowest BCUT2D eigenvalue weighted by Crippen LogP contribution is -2.29. The zero-order valence-corrected chi connectivity index (χ0v) is 23.5. The molecule has 1 saturated heterocycles. The number of ether oxygens (including phenoxy) is 1. The predicted molar refractivity (Wildman–Crippen MR) is 158 cm³/mol. The number of hydrogen-bond donors (Lipinski definition) is 2. The smallest absolute Gasteiger partial charge is 0.337 e. The molecule has 0 saturated carbocycles. The summed E-state index contributed by atoms with van der Waals surface area (Å²) < 4.78 is 11.3. The van der Waals surface area contributed by atoms with Crippen molar-refractivity contribution in [2.24, 2.45) is 5.92 Å². The van der Waals surface area contributed by atoms with Crippen molar-refractivity contribution in [3.63, 3.8) is 0 Å². The number of carbonyl (C=O) groups is 2. The first kappa shape index (κ1) is 27.1. The molecule has 3 heterocycles. The number of pyridine rings is 1. The van der Waals surface area contributed by atoms with Crippen LogP contribution in [0.2, 0.25) is 0 Å². The Morgan fingerprint density at radius 2 is 1.90 bits per heavy atom. The number of benzene rings is 2. The highest BCUT2D eigenvalue weighted by Gasteiger charge is 2.42. The number of nitrogens with zero attached hydrogens (tertiary/aromatic N) is 2. The minimum atomic E-state index is -0.413. The van der Waals surface area contributed by atoms with Crippen LogP contribution in [0.4, 0.5) is 11.4 Å². The van der Waals surface area contributed by atoms with Crippen LogP contribution in [-0.2, 0) is 9.53 Å². The van der Waals surface area contributed by atoms with Gasteiger partial charge < -0.3 is 24.7 Å². The van der Waals surface area contributed by atoms with E-state index in [0.29, 0.717) is 22.2 Å². The predicted octanol–water partition coefficient (Wildman–Crippen LogP) is 6.21. The van der Waals surface area contributed by atoms with E-state index in [4.69, 9.17) is 21.4 Å². The van der Waals surface area contributed by atoms with Gasteiger partial charge in [-0.05, 0) is 79.3 Å². The Bertz CT molecular complexity index is 1570. The number of rotatable bonds is 7. The molecule has 2 aromatic carbocycles. The maximum absolute atomic E-state index is 12.3. The van der Waals surface area contributed by atoms with Crippen LogP contribution in [0.15, 0.2) is 83.4 Å². The molecule has 2 aromatic heterocycles. The molecule has 5 rings (SSSR count). The normalized spacial score (nSPS) is 16.6. The summed E-state index contributed by atoms with van der Waals surface area (Å²) >= 11 is 5.84. The second-order valence-corrected chi connectivity index (χ2v) is 10.3. The van der Waals surface area contributed by atoms with E-state index in [1.807, 2.05) is 80.3 Å². The molecule has 0 radical (unpaired) electrons. The van der Waals surface area contributed by atoms with Gasteiger partial charge in [0.05, 0.1) is 24.4 Å². The number of methoxy groups -OCH3 is 1. The highest BCUT2D eigenvalue weighted by Crippen LogP contribution is 2.43. The lowest BCUT2D eigenvalue weighted by molar-refractivity contribution is -0.118. The molecule has 40 heavy (non-hydrogen) atoms. The van der Waals surface area contributed by atoms with Crippen LogP contribution in [0.3, 0.4) is 0 Å². The van der Waals surface area contributed by atoms with Crippen LogP contribution in [-0.4, -0.2) is 29.1 Å². The van der Waals surface area contributed by atoms with Gasteiger partial charge in [0.15, 0.2) is 5.11 Å².